The smallest absolute Gasteiger partial charge is 0.240 e. The number of sulfonamides is 1. The van der Waals surface area contributed by atoms with Gasteiger partial charge in [-0.1, -0.05) is 12.1 Å². The summed E-state index contributed by atoms with van der Waals surface area (Å²) >= 11 is 0. The van der Waals surface area contributed by atoms with Gasteiger partial charge in [0, 0.05) is 5.69 Å². The number of nitrogens with zero attached hydrogens (tertiary/aromatic N) is 2. The maximum absolute atomic E-state index is 11.3. The van der Waals surface area contributed by atoms with Gasteiger partial charge >= 0.3 is 0 Å². The summed E-state index contributed by atoms with van der Waals surface area (Å²) in [5.74, 6) is 0. The molecule has 4 N–H and O–H groups in total. The van der Waals surface area contributed by atoms with Crippen molar-refractivity contribution in [3.05, 3.63) is 48.8 Å². The lowest BCUT2D eigenvalue weighted by molar-refractivity contribution is 0.598. The number of aromatic nitrogens is 2. The predicted octanol–water partition coefficient (Wildman–Crippen LogP) is 1.26. The highest BCUT2D eigenvalue weighted by Gasteiger charge is 2.13. The van der Waals surface area contributed by atoms with E-state index in [1.54, 1.807) is 18.5 Å². The summed E-state index contributed by atoms with van der Waals surface area (Å²) in [4.78, 5) is 4.20. The molecule has 3 aromatic rings. The van der Waals surface area contributed by atoms with Gasteiger partial charge < -0.3 is 5.73 Å². The normalized spacial score (nSPS) is 11.8. The molecule has 1 heterocycles. The highest BCUT2D eigenvalue weighted by atomic mass is 32.2. The lowest BCUT2D eigenvalue weighted by atomic mass is 10.2. The first kappa shape index (κ1) is 12.6. The molecule has 20 heavy (non-hydrogen) atoms. The van der Waals surface area contributed by atoms with E-state index in [4.69, 9.17) is 10.9 Å². The number of nitrogens with two attached hydrogens (primary N) is 2. The topological polar surface area (TPSA) is 104 Å². The van der Waals surface area contributed by atoms with Crippen LogP contribution in [-0.4, -0.2) is 18.0 Å². The van der Waals surface area contributed by atoms with Crippen LogP contribution in [0.15, 0.2) is 53.7 Å². The van der Waals surface area contributed by atoms with E-state index < -0.39 is 10.0 Å². The van der Waals surface area contributed by atoms with Crippen LogP contribution >= 0.6 is 0 Å². The number of fused-ring (bicyclic) bond motifs is 1. The zero-order chi connectivity index (χ0) is 14.3. The fraction of sp³-hybridized carbons (Fsp3) is 0. The number of nitrogen functional groups attached to an aromatic ring is 1. The minimum atomic E-state index is -3.81. The van der Waals surface area contributed by atoms with Crippen LogP contribution in [-0.2, 0) is 10.0 Å². The van der Waals surface area contributed by atoms with E-state index in [0.717, 1.165) is 16.7 Å². The summed E-state index contributed by atoms with van der Waals surface area (Å²) in [6, 6.07) is 12.2. The van der Waals surface area contributed by atoms with Gasteiger partial charge in [0.05, 0.1) is 16.7 Å². The lowest BCUT2D eigenvalue weighted by Gasteiger charge is -2.08. The monoisotopic (exact) mass is 288 g/mol. The third kappa shape index (κ3) is 2.02. The van der Waals surface area contributed by atoms with E-state index in [1.165, 1.54) is 6.07 Å². The third-order valence-corrected chi connectivity index (χ3v) is 4.02. The van der Waals surface area contributed by atoms with Crippen LogP contribution in [0.25, 0.3) is 16.7 Å². The van der Waals surface area contributed by atoms with Crippen molar-refractivity contribution in [2.75, 3.05) is 5.73 Å². The van der Waals surface area contributed by atoms with Gasteiger partial charge in [-0.3, -0.25) is 4.57 Å². The van der Waals surface area contributed by atoms with Crippen LogP contribution in [0.3, 0.4) is 0 Å². The van der Waals surface area contributed by atoms with Crippen molar-refractivity contribution in [1.82, 2.24) is 9.55 Å². The maximum atomic E-state index is 11.3. The highest BCUT2D eigenvalue weighted by molar-refractivity contribution is 7.89. The molecule has 0 bridgehead atoms. The number of primary sulfonamides is 1. The van der Waals surface area contributed by atoms with Crippen molar-refractivity contribution in [3.63, 3.8) is 0 Å². The van der Waals surface area contributed by atoms with Gasteiger partial charge in [0.15, 0.2) is 0 Å². The molecule has 0 spiro atoms. The number of hydrogen-bond acceptors (Lipinski definition) is 4. The lowest BCUT2D eigenvalue weighted by Crippen LogP contribution is -2.14. The van der Waals surface area contributed by atoms with Crippen molar-refractivity contribution in [2.24, 2.45) is 5.14 Å². The Morgan fingerprint density at radius 2 is 1.85 bits per heavy atom. The molecule has 0 unspecified atom stereocenters. The highest BCUT2D eigenvalue weighted by Crippen LogP contribution is 2.23. The van der Waals surface area contributed by atoms with Crippen LogP contribution in [0.5, 0.6) is 0 Å². The summed E-state index contributed by atoms with van der Waals surface area (Å²) in [7, 11) is -3.81. The Balaban J connectivity index is 2.19. The molecule has 0 fully saturated rings. The van der Waals surface area contributed by atoms with Crippen LogP contribution in [0.4, 0.5) is 5.69 Å². The Hall–Kier alpha value is -2.38. The van der Waals surface area contributed by atoms with Gasteiger partial charge in [-0.25, -0.2) is 18.5 Å². The standard InChI is InChI=1S/C13H12N4O2S/c14-10-7-9(5-6-13(10)20(15,18)19)17-8-16-11-3-1-2-4-12(11)17/h1-8H,14H2,(H2,15,18,19). The first-order valence-corrected chi connectivity index (χ1v) is 7.36. The Morgan fingerprint density at radius 1 is 1.10 bits per heavy atom. The first-order chi connectivity index (χ1) is 9.47. The second-order valence-electron chi connectivity index (χ2n) is 4.37. The molecule has 3 rings (SSSR count). The number of imidazole rings is 1. The van der Waals surface area contributed by atoms with Gasteiger partial charge in [-0.15, -0.1) is 0 Å². The van der Waals surface area contributed by atoms with Crippen molar-refractivity contribution in [1.29, 1.82) is 0 Å². The molecule has 1 aromatic heterocycles. The predicted molar refractivity (Wildman–Crippen MR) is 76.9 cm³/mol. The Kier molecular flexibility index (Phi) is 2.73. The van der Waals surface area contributed by atoms with Crippen molar-refractivity contribution in [2.45, 2.75) is 4.90 Å². The third-order valence-electron chi connectivity index (χ3n) is 3.03. The van der Waals surface area contributed by atoms with Crippen LogP contribution in [0.2, 0.25) is 0 Å². The summed E-state index contributed by atoms with van der Waals surface area (Å²) < 4.78 is 24.5. The van der Waals surface area contributed by atoms with Crippen molar-refractivity contribution < 1.29 is 8.42 Å². The molecule has 0 aliphatic carbocycles. The van der Waals surface area contributed by atoms with Gasteiger partial charge in [0.2, 0.25) is 10.0 Å². The average Bonchev–Trinajstić information content (AvgIpc) is 2.80. The number of anilines is 1. The average molecular weight is 288 g/mol. The minimum absolute atomic E-state index is 0.0781. The second kappa shape index (κ2) is 4.32. The van der Waals surface area contributed by atoms with Crippen molar-refractivity contribution in [3.8, 4) is 5.69 Å². The Labute approximate surface area is 115 Å². The number of rotatable bonds is 2. The Morgan fingerprint density at radius 3 is 2.55 bits per heavy atom. The van der Waals surface area contributed by atoms with Crippen molar-refractivity contribution >= 4 is 26.7 Å². The molecule has 0 radical (unpaired) electrons. The molecule has 0 aliphatic heterocycles. The molecule has 2 aromatic carbocycles. The fourth-order valence-corrected chi connectivity index (χ4v) is 2.75. The van der Waals surface area contributed by atoms with E-state index in [-0.39, 0.29) is 10.6 Å². The zero-order valence-corrected chi connectivity index (χ0v) is 11.2. The molecule has 6 nitrogen and oxygen atoms in total. The van der Waals surface area contributed by atoms with Crippen LogP contribution in [0, 0.1) is 0 Å². The summed E-state index contributed by atoms with van der Waals surface area (Å²) in [6.07, 6.45) is 1.66. The second-order valence-corrected chi connectivity index (χ2v) is 5.90. The number of benzene rings is 2. The number of hydrogen-bond donors (Lipinski definition) is 2. The molecular weight excluding hydrogens is 276 g/mol. The zero-order valence-electron chi connectivity index (χ0n) is 10.4. The molecule has 7 heteroatoms. The molecule has 0 amide bonds. The first-order valence-electron chi connectivity index (χ1n) is 5.81. The van der Waals surface area contributed by atoms with Crippen LogP contribution in [0.1, 0.15) is 0 Å². The van der Waals surface area contributed by atoms with E-state index in [2.05, 4.69) is 4.98 Å². The molecule has 102 valence electrons. The van der Waals surface area contributed by atoms with E-state index in [0.29, 0.717) is 0 Å². The van der Waals surface area contributed by atoms with E-state index in [1.807, 2.05) is 28.8 Å². The summed E-state index contributed by atoms with van der Waals surface area (Å²) in [5, 5.41) is 5.09. The van der Waals surface area contributed by atoms with E-state index >= 15 is 0 Å². The van der Waals surface area contributed by atoms with Gasteiger partial charge in [0.1, 0.15) is 11.2 Å². The molecule has 0 saturated heterocycles. The van der Waals surface area contributed by atoms with Gasteiger partial charge in [-0.2, -0.15) is 0 Å². The van der Waals surface area contributed by atoms with Gasteiger partial charge in [0.25, 0.3) is 0 Å². The SMILES string of the molecule is Nc1cc(-n2cnc3ccccc32)ccc1S(N)(=O)=O. The quantitative estimate of drug-likeness (QED) is 0.692. The minimum Gasteiger partial charge on any atom is -0.398 e. The van der Waals surface area contributed by atoms with Gasteiger partial charge in [-0.05, 0) is 30.3 Å². The largest absolute Gasteiger partial charge is 0.398 e. The fourth-order valence-electron chi connectivity index (χ4n) is 2.11. The van der Waals surface area contributed by atoms with E-state index in [9.17, 15) is 8.42 Å². The molecule has 0 atom stereocenters. The summed E-state index contributed by atoms with van der Waals surface area (Å²) in [6.45, 7) is 0. The molecular formula is C13H12N4O2S. The summed E-state index contributed by atoms with van der Waals surface area (Å²) in [5.41, 5.74) is 8.36. The Bertz CT molecular complexity index is 900. The van der Waals surface area contributed by atoms with Crippen LogP contribution < -0.4 is 10.9 Å². The molecule has 0 saturated carbocycles. The molecule has 0 aliphatic rings. The number of para-hydroxylation sites is 2. The maximum Gasteiger partial charge on any atom is 0.240 e.